The van der Waals surface area contributed by atoms with E-state index in [9.17, 15) is 19.2 Å². The molecule has 1 aromatic rings. The van der Waals surface area contributed by atoms with Gasteiger partial charge in [-0.15, -0.1) is 0 Å². The molecule has 2 rings (SSSR count). The molecule has 98 valence electrons. The number of carbonyl (C=O) groups excluding carboxylic acids is 3. The van der Waals surface area contributed by atoms with Crippen LogP contribution in [0.4, 0.5) is 4.79 Å². The van der Waals surface area contributed by atoms with Gasteiger partial charge in [-0.1, -0.05) is 6.07 Å². The molecular weight excluding hydrogens is 254 g/mol. The molecule has 0 atom stereocenters. The Balaban J connectivity index is 2.24. The van der Waals surface area contributed by atoms with Crippen LogP contribution in [-0.2, 0) is 16.1 Å². The summed E-state index contributed by atoms with van der Waals surface area (Å²) < 4.78 is 0. The van der Waals surface area contributed by atoms with E-state index in [-0.39, 0.29) is 17.9 Å². The third-order valence-corrected chi connectivity index (χ3v) is 2.60. The molecular formula is C11H9N3O5. The monoisotopic (exact) mass is 263 g/mol. The molecule has 0 radical (unpaired) electrons. The lowest BCUT2D eigenvalue weighted by molar-refractivity contribution is -0.143. The van der Waals surface area contributed by atoms with Gasteiger partial charge in [-0.3, -0.25) is 14.5 Å². The number of hydrogen-bond acceptors (Lipinski definition) is 5. The molecule has 19 heavy (non-hydrogen) atoms. The van der Waals surface area contributed by atoms with Crippen molar-refractivity contribution >= 4 is 23.8 Å². The normalized spacial score (nSPS) is 15.3. The topological polar surface area (TPSA) is 108 Å². The fourth-order valence-corrected chi connectivity index (χ4v) is 1.60. The predicted molar refractivity (Wildman–Crippen MR) is 59.9 cm³/mol. The molecule has 0 saturated carbocycles. The quantitative estimate of drug-likeness (QED) is 0.592. The fraction of sp³-hybridized carbons (Fsp3) is 0.182. The minimum Gasteiger partial charge on any atom is -0.477 e. The van der Waals surface area contributed by atoms with E-state index in [2.05, 4.69) is 4.98 Å². The third kappa shape index (κ3) is 2.15. The van der Waals surface area contributed by atoms with Crippen LogP contribution in [0.5, 0.6) is 0 Å². The number of carbonyl (C=O) groups is 4. The lowest BCUT2D eigenvalue weighted by Crippen LogP contribution is -2.31. The van der Waals surface area contributed by atoms with Gasteiger partial charge in [-0.05, 0) is 12.1 Å². The van der Waals surface area contributed by atoms with E-state index in [1.54, 1.807) is 0 Å². The maximum absolute atomic E-state index is 11.6. The van der Waals surface area contributed by atoms with Crippen LogP contribution in [0.15, 0.2) is 18.2 Å². The van der Waals surface area contributed by atoms with Crippen molar-refractivity contribution < 1.29 is 24.3 Å². The maximum atomic E-state index is 11.6. The average Bonchev–Trinajstić information content (AvgIpc) is 2.57. The Morgan fingerprint density at radius 3 is 2.47 bits per heavy atom. The van der Waals surface area contributed by atoms with Crippen molar-refractivity contribution in [3.05, 3.63) is 29.6 Å². The summed E-state index contributed by atoms with van der Waals surface area (Å²) in [6.45, 7) is -0.241. The number of nitrogens with zero attached hydrogens (tertiary/aromatic N) is 3. The van der Waals surface area contributed by atoms with Gasteiger partial charge in [0, 0.05) is 7.05 Å². The number of urea groups is 1. The molecule has 1 aliphatic heterocycles. The number of amides is 4. The largest absolute Gasteiger partial charge is 0.477 e. The highest BCUT2D eigenvalue weighted by Gasteiger charge is 2.42. The van der Waals surface area contributed by atoms with Crippen LogP contribution in [0.1, 0.15) is 16.2 Å². The second-order valence-corrected chi connectivity index (χ2v) is 3.86. The van der Waals surface area contributed by atoms with Crippen molar-refractivity contribution in [3.63, 3.8) is 0 Å². The Kier molecular flexibility index (Phi) is 2.99. The first-order chi connectivity index (χ1) is 8.91. The van der Waals surface area contributed by atoms with Gasteiger partial charge in [0.1, 0.15) is 5.69 Å². The minimum atomic E-state index is -1.21. The van der Waals surface area contributed by atoms with Crippen LogP contribution in [0.2, 0.25) is 0 Å². The first-order valence-corrected chi connectivity index (χ1v) is 5.24. The third-order valence-electron chi connectivity index (χ3n) is 2.60. The van der Waals surface area contributed by atoms with E-state index in [0.29, 0.717) is 4.90 Å². The lowest BCUT2D eigenvalue weighted by Gasteiger charge is -2.12. The molecule has 1 N–H and O–H groups in total. The number of aromatic carboxylic acids is 1. The predicted octanol–water partition coefficient (Wildman–Crippen LogP) is -0.300. The molecule has 1 fully saturated rings. The Bertz CT molecular complexity index is 598. The highest BCUT2D eigenvalue weighted by Crippen LogP contribution is 2.13. The van der Waals surface area contributed by atoms with Crippen molar-refractivity contribution in [1.29, 1.82) is 0 Å². The molecule has 0 bridgehead atoms. The van der Waals surface area contributed by atoms with Crippen molar-refractivity contribution in [2.24, 2.45) is 0 Å². The van der Waals surface area contributed by atoms with Crippen LogP contribution in [0, 0.1) is 0 Å². The van der Waals surface area contributed by atoms with Gasteiger partial charge in [-0.2, -0.15) is 0 Å². The van der Waals surface area contributed by atoms with Gasteiger partial charge < -0.3 is 5.11 Å². The van der Waals surface area contributed by atoms with Crippen LogP contribution >= 0.6 is 0 Å². The Labute approximate surface area is 107 Å². The van der Waals surface area contributed by atoms with Crippen molar-refractivity contribution in [1.82, 2.24) is 14.8 Å². The van der Waals surface area contributed by atoms with Gasteiger partial charge in [-0.25, -0.2) is 19.5 Å². The lowest BCUT2D eigenvalue weighted by atomic mass is 10.3. The van der Waals surface area contributed by atoms with E-state index in [4.69, 9.17) is 5.11 Å². The number of likely N-dealkylation sites (N-methyl/N-ethyl adjacent to an activating group) is 1. The highest BCUT2D eigenvalue weighted by molar-refractivity contribution is 6.44. The SMILES string of the molecule is CN1C(=O)C(=O)N(Cc2cccc(C(=O)O)n2)C1=O. The van der Waals surface area contributed by atoms with E-state index in [1.165, 1.54) is 25.2 Å². The van der Waals surface area contributed by atoms with Crippen molar-refractivity contribution in [3.8, 4) is 0 Å². The summed E-state index contributed by atoms with van der Waals surface area (Å²) in [5.41, 5.74) is 0.0148. The maximum Gasteiger partial charge on any atom is 0.354 e. The molecule has 0 aliphatic carbocycles. The van der Waals surface area contributed by atoms with Gasteiger partial charge in [0.25, 0.3) is 0 Å². The molecule has 4 amide bonds. The van der Waals surface area contributed by atoms with Gasteiger partial charge in [0.15, 0.2) is 0 Å². The molecule has 1 saturated heterocycles. The molecule has 0 unspecified atom stereocenters. The molecule has 2 heterocycles. The number of imide groups is 2. The molecule has 8 heteroatoms. The summed E-state index contributed by atoms with van der Waals surface area (Å²) >= 11 is 0. The zero-order valence-corrected chi connectivity index (χ0v) is 9.86. The van der Waals surface area contributed by atoms with E-state index in [0.717, 1.165) is 4.90 Å². The Morgan fingerprint density at radius 2 is 1.95 bits per heavy atom. The zero-order valence-electron chi connectivity index (χ0n) is 9.86. The number of pyridine rings is 1. The molecule has 0 aromatic carbocycles. The van der Waals surface area contributed by atoms with Crippen molar-refractivity contribution in [2.45, 2.75) is 6.54 Å². The van der Waals surface area contributed by atoms with Gasteiger partial charge >= 0.3 is 23.8 Å². The Hall–Kier alpha value is -2.77. The van der Waals surface area contributed by atoms with E-state index < -0.39 is 23.8 Å². The Morgan fingerprint density at radius 1 is 1.26 bits per heavy atom. The second kappa shape index (κ2) is 4.48. The molecule has 8 nitrogen and oxygen atoms in total. The molecule has 1 aromatic heterocycles. The van der Waals surface area contributed by atoms with Crippen LogP contribution in [0.3, 0.4) is 0 Å². The molecule has 0 spiro atoms. The first kappa shape index (κ1) is 12.7. The second-order valence-electron chi connectivity index (χ2n) is 3.86. The molecule has 1 aliphatic rings. The average molecular weight is 263 g/mol. The number of hydrogen-bond donors (Lipinski definition) is 1. The standard InChI is InChI=1S/C11H9N3O5/c1-13-8(15)9(16)14(11(13)19)5-6-3-2-4-7(12-6)10(17)18/h2-4H,5H2,1H3,(H,17,18). The summed E-state index contributed by atoms with van der Waals surface area (Å²) in [6.07, 6.45) is 0. The van der Waals surface area contributed by atoms with Crippen molar-refractivity contribution in [2.75, 3.05) is 7.05 Å². The summed E-state index contributed by atoms with van der Waals surface area (Å²) in [4.78, 5) is 50.4. The van der Waals surface area contributed by atoms with Crippen LogP contribution in [0.25, 0.3) is 0 Å². The first-order valence-electron chi connectivity index (χ1n) is 5.24. The number of aromatic nitrogens is 1. The number of carboxylic acids is 1. The van der Waals surface area contributed by atoms with Crippen LogP contribution in [-0.4, -0.2) is 50.8 Å². The smallest absolute Gasteiger partial charge is 0.354 e. The van der Waals surface area contributed by atoms with Gasteiger partial charge in [0.05, 0.1) is 12.2 Å². The highest BCUT2D eigenvalue weighted by atomic mass is 16.4. The minimum absolute atomic E-state index is 0.198. The summed E-state index contributed by atoms with van der Waals surface area (Å²) in [5, 5.41) is 8.79. The zero-order chi connectivity index (χ0) is 14.2. The fourth-order valence-electron chi connectivity index (χ4n) is 1.60. The van der Waals surface area contributed by atoms with Crippen LogP contribution < -0.4 is 0 Å². The summed E-state index contributed by atoms with van der Waals surface area (Å²) in [6, 6.07) is 3.45. The van der Waals surface area contributed by atoms with E-state index >= 15 is 0 Å². The van der Waals surface area contributed by atoms with E-state index in [1.807, 2.05) is 0 Å². The van der Waals surface area contributed by atoms with Gasteiger partial charge in [0.2, 0.25) is 0 Å². The summed E-state index contributed by atoms with van der Waals surface area (Å²) in [5.74, 6) is -3.08. The summed E-state index contributed by atoms with van der Waals surface area (Å²) in [7, 11) is 1.20. The number of rotatable bonds is 3. The number of carboxylic acid groups (broad SMARTS) is 1.